The highest BCUT2D eigenvalue weighted by molar-refractivity contribution is 5.98. The zero-order valence-electron chi connectivity index (χ0n) is 15.2. The number of halogens is 2. The lowest BCUT2D eigenvalue weighted by atomic mass is 9.90. The first kappa shape index (κ1) is 23.3. The Labute approximate surface area is 154 Å². The molecule has 0 radical (unpaired) electrons. The van der Waals surface area contributed by atoms with Crippen LogP contribution in [0.3, 0.4) is 0 Å². The van der Waals surface area contributed by atoms with Crippen molar-refractivity contribution >= 4 is 24.1 Å². The largest absolute Gasteiger partial charge is 0.494 e. The van der Waals surface area contributed by atoms with Gasteiger partial charge in [0.2, 0.25) is 5.91 Å². The van der Waals surface area contributed by atoms with Crippen molar-refractivity contribution in [2.45, 2.75) is 45.6 Å². The number of ketones is 1. The van der Waals surface area contributed by atoms with Crippen LogP contribution in [0.2, 0.25) is 0 Å². The van der Waals surface area contributed by atoms with Gasteiger partial charge in [0, 0.05) is 30.5 Å². The predicted molar refractivity (Wildman–Crippen MR) is 98.8 cm³/mol. The molecule has 3 N–H and O–H groups in total. The van der Waals surface area contributed by atoms with E-state index in [1.54, 1.807) is 0 Å². The number of carbonyl (C=O) groups is 2. The van der Waals surface area contributed by atoms with Crippen molar-refractivity contribution in [2.24, 2.45) is 11.7 Å². The number of benzene rings is 1. The highest BCUT2D eigenvalue weighted by Gasteiger charge is 2.26. The van der Waals surface area contributed by atoms with E-state index in [1.165, 1.54) is 19.2 Å². The van der Waals surface area contributed by atoms with Crippen molar-refractivity contribution in [1.82, 2.24) is 5.32 Å². The van der Waals surface area contributed by atoms with E-state index in [4.69, 9.17) is 10.5 Å². The standard InChI is InChI=1S/C18H27FN2O3.ClH/c1-12(2)10-18(3,11-20)21-17(23)8-6-15(22)13-5-7-16(24-4)14(19)9-13;/h5,7,9,12H,6,8,10-11,20H2,1-4H3,(H,21,23);1H. The summed E-state index contributed by atoms with van der Waals surface area (Å²) in [6, 6.07) is 4.02. The third-order valence-electron chi connectivity index (χ3n) is 3.80. The summed E-state index contributed by atoms with van der Waals surface area (Å²) in [6.07, 6.45) is 0.812. The van der Waals surface area contributed by atoms with Crippen LogP contribution in [-0.2, 0) is 4.79 Å². The van der Waals surface area contributed by atoms with Crippen LogP contribution in [0.4, 0.5) is 4.39 Å². The number of hydrogen-bond donors (Lipinski definition) is 2. The first-order chi connectivity index (χ1) is 11.2. The Balaban J connectivity index is 0.00000576. The normalized spacial score (nSPS) is 12.9. The van der Waals surface area contributed by atoms with Gasteiger partial charge in [0.15, 0.2) is 17.3 Å². The second-order valence-corrected chi connectivity index (χ2v) is 6.68. The van der Waals surface area contributed by atoms with Crippen LogP contribution in [0.1, 0.15) is 50.4 Å². The Bertz CT molecular complexity index is 596. The summed E-state index contributed by atoms with van der Waals surface area (Å²) in [5.41, 5.74) is 5.50. The van der Waals surface area contributed by atoms with Gasteiger partial charge in [0.25, 0.3) is 0 Å². The zero-order chi connectivity index (χ0) is 18.3. The lowest BCUT2D eigenvalue weighted by Gasteiger charge is -2.31. The number of ether oxygens (including phenoxy) is 1. The van der Waals surface area contributed by atoms with E-state index >= 15 is 0 Å². The van der Waals surface area contributed by atoms with Gasteiger partial charge in [-0.1, -0.05) is 13.8 Å². The molecule has 0 aliphatic heterocycles. The van der Waals surface area contributed by atoms with Gasteiger partial charge < -0.3 is 15.8 Å². The smallest absolute Gasteiger partial charge is 0.220 e. The molecular formula is C18H28ClFN2O3. The molecule has 1 amide bonds. The third-order valence-corrected chi connectivity index (χ3v) is 3.80. The van der Waals surface area contributed by atoms with Gasteiger partial charge in [-0.05, 0) is 37.5 Å². The van der Waals surface area contributed by atoms with Crippen LogP contribution in [-0.4, -0.2) is 30.9 Å². The van der Waals surface area contributed by atoms with E-state index in [0.29, 0.717) is 12.5 Å². The Morgan fingerprint density at radius 2 is 1.96 bits per heavy atom. The summed E-state index contributed by atoms with van der Waals surface area (Å²) < 4.78 is 18.4. The number of amides is 1. The second kappa shape index (κ2) is 10.4. The topological polar surface area (TPSA) is 81.4 Å². The molecule has 5 nitrogen and oxygen atoms in total. The highest BCUT2D eigenvalue weighted by atomic mass is 35.5. The van der Waals surface area contributed by atoms with Crippen LogP contribution in [0.25, 0.3) is 0 Å². The van der Waals surface area contributed by atoms with Gasteiger partial charge in [0.1, 0.15) is 0 Å². The molecule has 0 fully saturated rings. The number of rotatable bonds is 9. The molecule has 25 heavy (non-hydrogen) atoms. The molecule has 142 valence electrons. The fourth-order valence-electron chi connectivity index (χ4n) is 2.70. The average Bonchev–Trinajstić information content (AvgIpc) is 2.51. The van der Waals surface area contributed by atoms with Gasteiger partial charge in [-0.25, -0.2) is 4.39 Å². The summed E-state index contributed by atoms with van der Waals surface area (Å²) in [7, 11) is 1.36. The van der Waals surface area contributed by atoms with Gasteiger partial charge in [-0.2, -0.15) is 0 Å². The fraction of sp³-hybridized carbons (Fsp3) is 0.556. The molecule has 0 aromatic heterocycles. The van der Waals surface area contributed by atoms with Crippen LogP contribution in [0.5, 0.6) is 5.75 Å². The molecule has 0 aliphatic carbocycles. The van der Waals surface area contributed by atoms with Crippen LogP contribution >= 0.6 is 12.4 Å². The summed E-state index contributed by atoms with van der Waals surface area (Å²) in [6.45, 7) is 6.34. The number of Topliss-reactive ketones (excluding diaryl/α,β-unsaturated/α-hetero) is 1. The van der Waals surface area contributed by atoms with Gasteiger partial charge >= 0.3 is 0 Å². The maximum Gasteiger partial charge on any atom is 0.220 e. The fourth-order valence-corrected chi connectivity index (χ4v) is 2.70. The van der Waals surface area contributed by atoms with Crippen LogP contribution in [0, 0.1) is 11.7 Å². The van der Waals surface area contributed by atoms with E-state index in [2.05, 4.69) is 19.2 Å². The number of methoxy groups -OCH3 is 1. The van der Waals surface area contributed by atoms with Crippen molar-refractivity contribution in [1.29, 1.82) is 0 Å². The van der Waals surface area contributed by atoms with E-state index in [-0.39, 0.29) is 48.3 Å². The lowest BCUT2D eigenvalue weighted by molar-refractivity contribution is -0.122. The molecule has 0 aliphatic rings. The molecule has 1 unspecified atom stereocenters. The maximum atomic E-state index is 13.6. The maximum absolute atomic E-state index is 13.6. The minimum atomic E-state index is -0.597. The van der Waals surface area contributed by atoms with Gasteiger partial charge in [-0.15, -0.1) is 12.4 Å². The first-order valence-electron chi connectivity index (χ1n) is 8.08. The molecule has 7 heteroatoms. The highest BCUT2D eigenvalue weighted by Crippen LogP contribution is 2.19. The van der Waals surface area contributed by atoms with E-state index in [1.807, 2.05) is 6.92 Å². The van der Waals surface area contributed by atoms with Crippen molar-refractivity contribution in [3.05, 3.63) is 29.6 Å². The average molecular weight is 375 g/mol. The molecule has 1 aromatic rings. The molecule has 1 rings (SSSR count). The quantitative estimate of drug-likeness (QED) is 0.651. The molecule has 0 heterocycles. The van der Waals surface area contributed by atoms with Crippen molar-refractivity contribution in [3.63, 3.8) is 0 Å². The molecule has 0 saturated heterocycles. The Hall–Kier alpha value is -1.66. The van der Waals surface area contributed by atoms with Crippen LogP contribution < -0.4 is 15.8 Å². The summed E-state index contributed by atoms with van der Waals surface area (Å²) in [5.74, 6) is -0.643. The number of hydrogen-bond acceptors (Lipinski definition) is 4. The molecule has 1 aromatic carbocycles. The minimum Gasteiger partial charge on any atom is -0.494 e. The molecular weight excluding hydrogens is 347 g/mol. The zero-order valence-corrected chi connectivity index (χ0v) is 16.0. The van der Waals surface area contributed by atoms with Crippen LogP contribution in [0.15, 0.2) is 18.2 Å². The lowest BCUT2D eigenvalue weighted by Crippen LogP contribution is -2.52. The molecule has 0 bridgehead atoms. The molecule has 0 saturated carbocycles. The molecule has 1 atom stereocenters. The predicted octanol–water partition coefficient (Wildman–Crippen LogP) is 3.10. The van der Waals surface area contributed by atoms with Gasteiger partial charge in [-0.3, -0.25) is 9.59 Å². The van der Waals surface area contributed by atoms with Crippen molar-refractivity contribution in [2.75, 3.05) is 13.7 Å². The van der Waals surface area contributed by atoms with E-state index in [9.17, 15) is 14.0 Å². The minimum absolute atomic E-state index is 0. The third kappa shape index (κ3) is 7.40. The number of nitrogens with two attached hydrogens (primary N) is 1. The SMILES string of the molecule is COc1ccc(C(=O)CCC(=O)NC(C)(CN)CC(C)C)cc1F.Cl. The number of carbonyl (C=O) groups excluding carboxylic acids is 2. The molecule has 0 spiro atoms. The van der Waals surface area contributed by atoms with E-state index < -0.39 is 11.4 Å². The number of nitrogens with one attached hydrogen (secondary N) is 1. The Kier molecular flexibility index (Phi) is 9.67. The Morgan fingerprint density at radius 3 is 2.44 bits per heavy atom. The monoisotopic (exact) mass is 374 g/mol. The van der Waals surface area contributed by atoms with Crippen molar-refractivity contribution < 1.29 is 18.7 Å². The summed E-state index contributed by atoms with van der Waals surface area (Å²) in [4.78, 5) is 24.2. The summed E-state index contributed by atoms with van der Waals surface area (Å²) in [5, 5.41) is 2.90. The Morgan fingerprint density at radius 1 is 1.32 bits per heavy atom. The first-order valence-corrected chi connectivity index (χ1v) is 8.08. The summed E-state index contributed by atoms with van der Waals surface area (Å²) >= 11 is 0. The second-order valence-electron chi connectivity index (χ2n) is 6.68. The van der Waals surface area contributed by atoms with E-state index in [0.717, 1.165) is 12.5 Å². The van der Waals surface area contributed by atoms with Gasteiger partial charge in [0.05, 0.1) is 7.11 Å². The van der Waals surface area contributed by atoms with Crippen molar-refractivity contribution in [3.8, 4) is 5.75 Å².